The number of hydrogen-bond acceptors (Lipinski definition) is 4. The maximum Gasteiger partial charge on any atom is 0.379 e. The Morgan fingerprint density at radius 2 is 2.06 bits per heavy atom. The van der Waals surface area contributed by atoms with Crippen LogP contribution in [-0.4, -0.2) is 23.5 Å². The number of rotatable bonds is 4. The Hall–Kier alpha value is -1.52. The van der Waals surface area contributed by atoms with Crippen LogP contribution in [0.25, 0.3) is 5.76 Å². The van der Waals surface area contributed by atoms with Crippen LogP contribution in [0.4, 0.5) is 0 Å². The molecule has 0 heterocycles. The van der Waals surface area contributed by atoms with Crippen LogP contribution < -0.4 is 0 Å². The molecule has 0 aliphatic rings. The Kier molecular flexibility index (Phi) is 5.19. The van der Waals surface area contributed by atoms with E-state index in [1.165, 1.54) is 18.2 Å². The third-order valence-electron chi connectivity index (χ3n) is 1.95. The molecule has 0 aliphatic heterocycles. The van der Waals surface area contributed by atoms with E-state index in [2.05, 4.69) is 4.74 Å². The fraction of sp³-hybridized carbons (Fsp3) is 0.167. The SMILES string of the molecule is CCOC(=O)C(=O)/C=C(\O)c1ccc(Cl)cc1Cl. The highest BCUT2D eigenvalue weighted by Gasteiger charge is 2.15. The van der Waals surface area contributed by atoms with E-state index in [-0.39, 0.29) is 17.2 Å². The highest BCUT2D eigenvalue weighted by atomic mass is 35.5. The summed E-state index contributed by atoms with van der Waals surface area (Å²) in [6.45, 7) is 1.66. The quantitative estimate of drug-likeness (QED) is 0.400. The first-order chi connectivity index (χ1) is 8.45. The summed E-state index contributed by atoms with van der Waals surface area (Å²) in [4.78, 5) is 22.4. The molecule has 1 aromatic carbocycles. The van der Waals surface area contributed by atoms with Gasteiger partial charge < -0.3 is 9.84 Å². The Morgan fingerprint density at radius 3 is 2.61 bits per heavy atom. The second kappa shape index (κ2) is 6.42. The average molecular weight is 289 g/mol. The lowest BCUT2D eigenvalue weighted by Crippen LogP contribution is -2.15. The highest BCUT2D eigenvalue weighted by Crippen LogP contribution is 2.25. The van der Waals surface area contributed by atoms with Crippen LogP contribution in [0.15, 0.2) is 24.3 Å². The smallest absolute Gasteiger partial charge is 0.379 e. The number of ketones is 1. The van der Waals surface area contributed by atoms with Gasteiger partial charge in [-0.1, -0.05) is 23.2 Å². The molecule has 1 N–H and O–H groups in total. The van der Waals surface area contributed by atoms with Gasteiger partial charge in [-0.3, -0.25) is 4.79 Å². The maximum absolute atomic E-state index is 11.3. The zero-order valence-electron chi connectivity index (χ0n) is 9.44. The molecule has 0 bridgehead atoms. The number of aliphatic hydroxyl groups is 1. The topological polar surface area (TPSA) is 63.6 Å². The summed E-state index contributed by atoms with van der Waals surface area (Å²) in [5, 5.41) is 10.3. The van der Waals surface area contributed by atoms with Crippen LogP contribution in [0.5, 0.6) is 0 Å². The molecule has 0 amide bonds. The summed E-state index contributed by atoms with van der Waals surface area (Å²) in [5.74, 6) is -2.41. The first kappa shape index (κ1) is 14.5. The number of hydrogen-bond donors (Lipinski definition) is 1. The number of halogens is 2. The molecule has 1 aromatic rings. The molecule has 6 heteroatoms. The number of benzene rings is 1. The van der Waals surface area contributed by atoms with Crippen molar-refractivity contribution in [2.75, 3.05) is 6.61 Å². The van der Waals surface area contributed by atoms with Crippen molar-refractivity contribution >= 4 is 40.7 Å². The van der Waals surface area contributed by atoms with Gasteiger partial charge >= 0.3 is 5.97 Å². The van der Waals surface area contributed by atoms with Crippen molar-refractivity contribution in [1.29, 1.82) is 0 Å². The first-order valence-corrected chi connectivity index (χ1v) is 5.78. The summed E-state index contributed by atoms with van der Waals surface area (Å²) in [6, 6.07) is 4.36. The van der Waals surface area contributed by atoms with E-state index in [4.69, 9.17) is 23.2 Å². The lowest BCUT2D eigenvalue weighted by Gasteiger charge is -2.03. The van der Waals surface area contributed by atoms with Crippen LogP contribution in [0.2, 0.25) is 10.0 Å². The molecule has 0 fully saturated rings. The van der Waals surface area contributed by atoms with E-state index in [1.54, 1.807) is 6.92 Å². The number of carbonyl (C=O) groups is 2. The number of carbonyl (C=O) groups excluding carboxylic acids is 2. The van der Waals surface area contributed by atoms with Crippen molar-refractivity contribution in [2.45, 2.75) is 6.92 Å². The lowest BCUT2D eigenvalue weighted by atomic mass is 10.1. The Morgan fingerprint density at radius 1 is 1.39 bits per heavy atom. The minimum Gasteiger partial charge on any atom is -0.507 e. The average Bonchev–Trinajstić information content (AvgIpc) is 2.28. The van der Waals surface area contributed by atoms with Crippen LogP contribution in [0, 0.1) is 0 Å². The molecular formula is C12H10Cl2O4. The molecule has 1 rings (SSSR count). The van der Waals surface area contributed by atoms with Gasteiger partial charge in [0.1, 0.15) is 5.76 Å². The van der Waals surface area contributed by atoms with E-state index < -0.39 is 17.5 Å². The fourth-order valence-corrected chi connectivity index (χ4v) is 1.67. The molecule has 0 spiro atoms. The number of ether oxygens (including phenoxy) is 1. The Balaban J connectivity index is 2.96. The molecule has 96 valence electrons. The van der Waals surface area contributed by atoms with Gasteiger partial charge in [0.25, 0.3) is 5.78 Å². The summed E-state index contributed by atoms with van der Waals surface area (Å²) in [6.07, 6.45) is 0.757. The van der Waals surface area contributed by atoms with E-state index in [1.807, 2.05) is 0 Å². The fourth-order valence-electron chi connectivity index (χ4n) is 1.16. The van der Waals surface area contributed by atoms with Gasteiger partial charge in [-0.25, -0.2) is 4.79 Å². The summed E-state index contributed by atoms with van der Waals surface area (Å²) < 4.78 is 4.49. The molecule has 0 radical (unpaired) electrons. The Bertz CT molecular complexity index is 509. The van der Waals surface area contributed by atoms with Gasteiger partial charge in [-0.05, 0) is 25.1 Å². The second-order valence-electron chi connectivity index (χ2n) is 3.24. The van der Waals surface area contributed by atoms with Crippen LogP contribution in [-0.2, 0) is 14.3 Å². The Labute approximate surface area is 114 Å². The van der Waals surface area contributed by atoms with Gasteiger partial charge in [0, 0.05) is 16.7 Å². The summed E-state index contributed by atoms with van der Waals surface area (Å²) >= 11 is 11.5. The number of esters is 1. The predicted octanol–water partition coefficient (Wildman–Crippen LogP) is 3.02. The van der Waals surface area contributed by atoms with E-state index in [9.17, 15) is 14.7 Å². The minimum absolute atomic E-state index is 0.0842. The van der Waals surface area contributed by atoms with Crippen LogP contribution in [0.1, 0.15) is 12.5 Å². The zero-order chi connectivity index (χ0) is 13.7. The standard InChI is InChI=1S/C12H10Cl2O4/c1-2-18-12(17)11(16)6-10(15)8-4-3-7(13)5-9(8)14/h3-6,15H,2H2,1H3/b10-6-. The van der Waals surface area contributed by atoms with Crippen molar-refractivity contribution in [2.24, 2.45) is 0 Å². The largest absolute Gasteiger partial charge is 0.507 e. The zero-order valence-corrected chi connectivity index (χ0v) is 11.0. The van der Waals surface area contributed by atoms with E-state index >= 15 is 0 Å². The van der Waals surface area contributed by atoms with Gasteiger partial charge in [-0.15, -0.1) is 0 Å². The van der Waals surface area contributed by atoms with Crippen LogP contribution >= 0.6 is 23.2 Å². The van der Waals surface area contributed by atoms with Crippen molar-refractivity contribution in [1.82, 2.24) is 0 Å². The summed E-state index contributed by atoms with van der Waals surface area (Å²) in [5.41, 5.74) is 0.207. The molecule has 0 saturated carbocycles. The predicted molar refractivity (Wildman–Crippen MR) is 68.7 cm³/mol. The minimum atomic E-state index is -1.03. The van der Waals surface area contributed by atoms with E-state index in [0.29, 0.717) is 5.02 Å². The summed E-state index contributed by atoms with van der Waals surface area (Å²) in [7, 11) is 0. The van der Waals surface area contributed by atoms with Crippen molar-refractivity contribution in [3.8, 4) is 0 Å². The van der Waals surface area contributed by atoms with Gasteiger partial charge in [-0.2, -0.15) is 0 Å². The molecule has 0 unspecified atom stereocenters. The maximum atomic E-state index is 11.3. The molecule has 0 saturated heterocycles. The molecule has 0 aromatic heterocycles. The van der Waals surface area contributed by atoms with Crippen molar-refractivity contribution in [3.63, 3.8) is 0 Å². The monoisotopic (exact) mass is 288 g/mol. The van der Waals surface area contributed by atoms with Crippen molar-refractivity contribution in [3.05, 3.63) is 39.9 Å². The molecule has 18 heavy (non-hydrogen) atoms. The van der Waals surface area contributed by atoms with Gasteiger partial charge in [0.05, 0.1) is 11.6 Å². The van der Waals surface area contributed by atoms with Crippen molar-refractivity contribution < 1.29 is 19.4 Å². The number of aliphatic hydroxyl groups excluding tert-OH is 1. The lowest BCUT2D eigenvalue weighted by molar-refractivity contribution is -0.151. The molecule has 4 nitrogen and oxygen atoms in total. The first-order valence-electron chi connectivity index (χ1n) is 5.03. The molecule has 0 atom stereocenters. The van der Waals surface area contributed by atoms with Gasteiger partial charge in [0.15, 0.2) is 0 Å². The molecular weight excluding hydrogens is 279 g/mol. The molecule has 0 aliphatic carbocycles. The van der Waals surface area contributed by atoms with Gasteiger partial charge in [0.2, 0.25) is 0 Å². The highest BCUT2D eigenvalue weighted by molar-refractivity contribution is 6.40. The third kappa shape index (κ3) is 3.75. The van der Waals surface area contributed by atoms with E-state index in [0.717, 1.165) is 6.08 Å². The normalized spacial score (nSPS) is 11.2. The van der Waals surface area contributed by atoms with Crippen LogP contribution in [0.3, 0.4) is 0 Å². The third-order valence-corrected chi connectivity index (χ3v) is 2.50. The second-order valence-corrected chi connectivity index (χ2v) is 4.08.